The molecule has 0 N–H and O–H groups in total. The summed E-state index contributed by atoms with van der Waals surface area (Å²) in [7, 11) is -1.91. The maximum absolute atomic E-state index is 7.22. The van der Waals surface area contributed by atoms with Crippen molar-refractivity contribution in [2.45, 2.75) is 22.1 Å². The summed E-state index contributed by atoms with van der Waals surface area (Å²) in [4.78, 5) is 11.9. The molecule has 1 aliphatic rings. The van der Waals surface area contributed by atoms with Crippen LogP contribution >= 0.6 is 20.1 Å². The molecule has 0 radical (unpaired) electrons. The van der Waals surface area contributed by atoms with Crippen molar-refractivity contribution in [3.8, 4) is 0 Å². The van der Waals surface area contributed by atoms with Crippen LogP contribution in [0.5, 0.6) is 0 Å². The predicted molar refractivity (Wildman–Crippen MR) is 319 cm³/mol. The number of aromatic nitrogens is 1. The van der Waals surface area contributed by atoms with Crippen molar-refractivity contribution in [3.63, 3.8) is 0 Å². The van der Waals surface area contributed by atoms with Crippen molar-refractivity contribution >= 4 is 98.1 Å². The van der Waals surface area contributed by atoms with E-state index in [1.807, 2.05) is 6.07 Å². The molecule has 0 unspecified atom stereocenters. The van der Waals surface area contributed by atoms with E-state index in [1.54, 1.807) is 6.20 Å². The number of rotatable bonds is 12. The number of allylic oxidation sites excluding steroid dienone is 4. The second-order valence-corrected chi connectivity index (χ2v) is 29.1. The highest BCUT2D eigenvalue weighted by Gasteiger charge is 2.47. The molecule has 12 rings (SSSR count). The first kappa shape index (κ1) is 47.1. The first-order valence-electron chi connectivity index (χ1n) is 25.0. The molecule has 3 heterocycles. The smallest absolute Gasteiger partial charge is 0.227 e. The van der Waals surface area contributed by atoms with E-state index >= 15 is 0 Å². The zero-order chi connectivity index (χ0) is 50.9. The van der Waals surface area contributed by atoms with Crippen LogP contribution in [0.15, 0.2) is 255 Å². The second kappa shape index (κ2) is 18.2. The van der Waals surface area contributed by atoms with Gasteiger partial charge in [0.15, 0.2) is 5.58 Å². The monoisotopic (exact) mass is 1000 g/mol. The van der Waals surface area contributed by atoms with Crippen molar-refractivity contribution < 1.29 is 8.83 Å². The third-order valence-corrected chi connectivity index (χ3v) is 18.1. The quantitative estimate of drug-likeness (QED) is 0.114. The van der Waals surface area contributed by atoms with Gasteiger partial charge in [0, 0.05) is 62.3 Å². The summed E-state index contributed by atoms with van der Waals surface area (Å²) in [5.41, 5.74) is 15.2. The lowest BCUT2D eigenvalue weighted by atomic mass is 9.67. The van der Waals surface area contributed by atoms with Gasteiger partial charge in [-0.3, -0.25) is 0 Å². The molecule has 1 aliphatic carbocycles. The Hall–Kier alpha value is -7.97. The van der Waals surface area contributed by atoms with Crippen molar-refractivity contribution in [2.75, 3.05) is 47.3 Å². The van der Waals surface area contributed by atoms with E-state index in [1.165, 1.54) is 32.1 Å². The first-order valence-corrected chi connectivity index (χ1v) is 30.7. The minimum Gasteiger partial charge on any atom is -0.454 e. The molecule has 0 amide bonds. The third kappa shape index (κ3) is 7.85. The molecule has 0 aliphatic heterocycles. The highest BCUT2D eigenvalue weighted by atomic mass is 32.3. The Morgan fingerprint density at radius 1 is 0.541 bits per heavy atom. The normalized spacial score (nSPS) is 14.1. The van der Waals surface area contributed by atoms with Crippen molar-refractivity contribution in [2.24, 2.45) is 0 Å². The summed E-state index contributed by atoms with van der Waals surface area (Å²) < 4.78 is 13.6. The Balaban J connectivity index is 1.12. The van der Waals surface area contributed by atoms with Crippen LogP contribution in [0.25, 0.3) is 49.6 Å². The van der Waals surface area contributed by atoms with E-state index in [4.69, 9.17) is 15.4 Å². The largest absolute Gasteiger partial charge is 0.454 e. The summed E-state index contributed by atoms with van der Waals surface area (Å²) >= 11 is 0. The van der Waals surface area contributed by atoms with Gasteiger partial charge >= 0.3 is 0 Å². The van der Waals surface area contributed by atoms with Gasteiger partial charge in [-0.15, -0.1) is 0 Å². The van der Waals surface area contributed by atoms with Gasteiger partial charge in [-0.2, -0.15) is 0 Å². The molecular formula is C67H59N3O2S2. The van der Waals surface area contributed by atoms with E-state index in [-0.39, 0.29) is 0 Å². The average molecular weight is 1000 g/mol. The Kier molecular flexibility index (Phi) is 11.6. The Bertz CT molecular complexity index is 3950. The van der Waals surface area contributed by atoms with Gasteiger partial charge in [0.25, 0.3) is 0 Å². The van der Waals surface area contributed by atoms with E-state index in [9.17, 15) is 0 Å². The molecular weight excluding hydrogens is 943 g/mol. The number of nitrogens with zero attached hydrogens (tertiary/aromatic N) is 3. The molecule has 0 spiro atoms. The fourth-order valence-corrected chi connectivity index (χ4v) is 13.1. The molecule has 11 aromatic rings. The number of hydrogen-bond donors (Lipinski definition) is 0. The number of furan rings is 2. The van der Waals surface area contributed by atoms with Crippen LogP contribution in [-0.2, 0) is 5.41 Å². The SMILES string of the molecule is C=C(/C=C\C1=C(C)C(c2ccccc2)(c2ccccc2)c2cc(N(c3ccccc3)c3ccc(S(C)(C)C)cc3)c3oc4ccccc4c3c21)N(c1ccc(S(C)(C)C)cc1)c1ccc2c(c1)oc1ncccc12. The standard InChI is InChI=1S/C67H59N3O2S2/c1-45(69(50-31-36-53(37-32-50)73(3,4)5)52-35-41-56-57-28-20-42-68-66(57)72-62(56)43-52)30-40-55-46(2)67(47-21-12-9-13-22-47,48-23-14-10-15-24-48)59-44-60(65-64(63(55)59)58-27-18-19-29-61(58)71-65)70(49-25-16-11-17-26-49)51-33-38-54(39-34-51)74(6,7)8/h9-44H,1H2,2-8H3/b40-30-. The number of benzene rings is 8. The zero-order valence-corrected chi connectivity index (χ0v) is 44.6. The first-order chi connectivity index (χ1) is 35.8. The molecule has 5 nitrogen and oxygen atoms in total. The molecule has 366 valence electrons. The van der Waals surface area contributed by atoms with Gasteiger partial charge in [0.2, 0.25) is 5.71 Å². The van der Waals surface area contributed by atoms with Crippen molar-refractivity contribution in [1.29, 1.82) is 0 Å². The highest BCUT2D eigenvalue weighted by Crippen LogP contribution is 2.60. The lowest BCUT2D eigenvalue weighted by Gasteiger charge is -2.35. The Morgan fingerprint density at radius 2 is 1.09 bits per heavy atom. The van der Waals surface area contributed by atoms with Gasteiger partial charge in [-0.25, -0.2) is 25.0 Å². The van der Waals surface area contributed by atoms with Gasteiger partial charge < -0.3 is 18.6 Å². The van der Waals surface area contributed by atoms with Crippen LogP contribution in [-0.4, -0.2) is 42.5 Å². The molecule has 74 heavy (non-hydrogen) atoms. The molecule has 0 bridgehead atoms. The van der Waals surface area contributed by atoms with E-state index < -0.39 is 25.5 Å². The topological polar surface area (TPSA) is 45.7 Å². The average Bonchev–Trinajstić information content (AvgIpc) is 4.07. The van der Waals surface area contributed by atoms with E-state index in [0.717, 1.165) is 83.6 Å². The minimum absolute atomic E-state index is 0.623. The maximum Gasteiger partial charge on any atom is 0.227 e. The maximum atomic E-state index is 7.22. The Morgan fingerprint density at radius 3 is 1.73 bits per heavy atom. The van der Waals surface area contributed by atoms with E-state index in [0.29, 0.717) is 5.71 Å². The second-order valence-electron chi connectivity index (χ2n) is 20.8. The molecule has 7 heteroatoms. The van der Waals surface area contributed by atoms with Crippen LogP contribution in [0.2, 0.25) is 0 Å². The molecule has 8 aromatic carbocycles. The van der Waals surface area contributed by atoms with Crippen LogP contribution in [0.1, 0.15) is 29.2 Å². The molecule has 0 saturated carbocycles. The van der Waals surface area contributed by atoms with E-state index in [2.05, 4.69) is 266 Å². The minimum atomic E-state index is -0.958. The van der Waals surface area contributed by atoms with Crippen LogP contribution in [0, 0.1) is 0 Å². The van der Waals surface area contributed by atoms with Gasteiger partial charge in [0.05, 0.1) is 11.1 Å². The molecule has 3 aromatic heterocycles. The molecule has 0 atom stereocenters. The summed E-state index contributed by atoms with van der Waals surface area (Å²) in [5.74, 6) is 0. The highest BCUT2D eigenvalue weighted by molar-refractivity contribution is 8.32. The molecule has 0 fully saturated rings. The third-order valence-electron chi connectivity index (χ3n) is 14.8. The predicted octanol–water partition coefficient (Wildman–Crippen LogP) is 18.5. The van der Waals surface area contributed by atoms with Crippen molar-refractivity contribution in [1.82, 2.24) is 4.98 Å². The van der Waals surface area contributed by atoms with Gasteiger partial charge in [0.1, 0.15) is 11.2 Å². The van der Waals surface area contributed by atoms with Crippen LogP contribution in [0.3, 0.4) is 0 Å². The van der Waals surface area contributed by atoms with Crippen LogP contribution in [0.4, 0.5) is 28.4 Å². The Labute approximate surface area is 437 Å². The molecule has 0 saturated heterocycles. The number of para-hydroxylation sites is 2. The summed E-state index contributed by atoms with van der Waals surface area (Å²) in [6.07, 6.45) is 20.3. The summed E-state index contributed by atoms with van der Waals surface area (Å²) in [5, 5.41) is 4.15. The van der Waals surface area contributed by atoms with Gasteiger partial charge in [-0.1, -0.05) is 110 Å². The number of anilines is 5. The lowest BCUT2D eigenvalue weighted by molar-refractivity contribution is 0.654. The summed E-state index contributed by atoms with van der Waals surface area (Å²) in [6, 6.07) is 72.3. The fourth-order valence-electron chi connectivity index (χ4n) is 11.2. The number of hydrogen-bond acceptors (Lipinski definition) is 5. The van der Waals surface area contributed by atoms with Crippen molar-refractivity contribution in [3.05, 3.63) is 259 Å². The van der Waals surface area contributed by atoms with Crippen LogP contribution < -0.4 is 9.80 Å². The number of pyridine rings is 1. The summed E-state index contributed by atoms with van der Waals surface area (Å²) in [6.45, 7) is 7.21. The number of fused-ring (bicyclic) bond motifs is 8. The zero-order valence-electron chi connectivity index (χ0n) is 43.0. The lowest BCUT2D eigenvalue weighted by Crippen LogP contribution is -2.29. The van der Waals surface area contributed by atoms with Gasteiger partial charge in [-0.05, 0) is 191 Å². The fraction of sp³-hybridized carbons (Fsp3) is 0.119.